The lowest BCUT2D eigenvalue weighted by molar-refractivity contribution is 0.0907. The van der Waals surface area contributed by atoms with E-state index < -0.39 is 11.7 Å². The highest BCUT2D eigenvalue weighted by molar-refractivity contribution is 7.09. The van der Waals surface area contributed by atoms with Gasteiger partial charge in [0, 0.05) is 4.88 Å². The van der Waals surface area contributed by atoms with Crippen LogP contribution in [0.2, 0.25) is 0 Å². The zero-order chi connectivity index (χ0) is 17.2. The number of fused-ring (bicyclic) bond motifs is 1. The predicted molar refractivity (Wildman–Crippen MR) is 89.4 cm³/mol. The van der Waals surface area contributed by atoms with E-state index in [2.05, 4.69) is 15.5 Å². The smallest absolute Gasteiger partial charge is 0.408 e. The second-order valence-electron chi connectivity index (χ2n) is 5.20. The van der Waals surface area contributed by atoms with E-state index in [1.165, 1.54) is 4.57 Å². The molecule has 0 radical (unpaired) electrons. The zero-order valence-electron chi connectivity index (χ0n) is 12.8. The molecule has 1 amide bonds. The van der Waals surface area contributed by atoms with E-state index in [1.54, 1.807) is 35.6 Å². The Labute approximate surface area is 144 Å². The molecule has 0 saturated carbocycles. The lowest BCUT2D eigenvalue weighted by atomic mass is 10.3. The molecule has 0 aliphatic carbocycles. The van der Waals surface area contributed by atoms with Gasteiger partial charge in [0.25, 0.3) is 0 Å². The molecule has 0 aliphatic rings. The van der Waals surface area contributed by atoms with Crippen LogP contribution in [0.3, 0.4) is 0 Å². The molecule has 0 saturated heterocycles. The van der Waals surface area contributed by atoms with Crippen molar-refractivity contribution in [3.8, 4) is 0 Å². The molecule has 0 atom stereocenters. The van der Waals surface area contributed by atoms with Gasteiger partial charge >= 0.3 is 17.6 Å². The molecule has 4 rings (SSSR count). The molecule has 0 fully saturated rings. The fraction of sp³-hybridized carbons (Fsp3) is 0.125. The number of rotatable bonds is 5. The van der Waals surface area contributed by atoms with Crippen LogP contribution in [0.1, 0.15) is 21.4 Å². The molecule has 4 aromatic rings. The van der Waals surface area contributed by atoms with Crippen molar-refractivity contribution in [1.82, 2.24) is 20.0 Å². The second-order valence-corrected chi connectivity index (χ2v) is 6.23. The van der Waals surface area contributed by atoms with Gasteiger partial charge in [-0.05, 0) is 23.6 Å². The van der Waals surface area contributed by atoms with Crippen molar-refractivity contribution in [2.75, 3.05) is 0 Å². The van der Waals surface area contributed by atoms with E-state index in [4.69, 9.17) is 8.94 Å². The maximum absolute atomic E-state index is 12.0. The summed E-state index contributed by atoms with van der Waals surface area (Å²) in [5.74, 6) is -0.909. The number of hydrogen-bond donors (Lipinski definition) is 1. The number of oxazole rings is 1. The molecule has 1 aromatic carbocycles. The molecule has 0 aliphatic heterocycles. The van der Waals surface area contributed by atoms with Gasteiger partial charge in [0.05, 0.1) is 18.6 Å². The Balaban J connectivity index is 1.50. The lowest BCUT2D eigenvalue weighted by Crippen LogP contribution is -2.22. The SMILES string of the molecule is O=C(NCc1cccs1)c1nc(Cn2c(=O)oc3ccccc32)no1. The van der Waals surface area contributed by atoms with Crippen LogP contribution in [0.25, 0.3) is 11.1 Å². The fourth-order valence-corrected chi connectivity index (χ4v) is 3.02. The molecule has 126 valence electrons. The Kier molecular flexibility index (Phi) is 3.90. The molecule has 0 bridgehead atoms. The third-order valence-electron chi connectivity index (χ3n) is 3.54. The maximum atomic E-state index is 12.0. The highest BCUT2D eigenvalue weighted by atomic mass is 32.1. The standard InChI is InChI=1S/C16H12N4O4S/c21-14(17-8-10-4-3-7-25-10)15-18-13(19-24-15)9-20-11-5-1-2-6-12(11)23-16(20)22/h1-7H,8-9H2,(H,17,21). The van der Waals surface area contributed by atoms with E-state index >= 15 is 0 Å². The Hall–Kier alpha value is -3.20. The van der Waals surface area contributed by atoms with Crippen LogP contribution < -0.4 is 11.1 Å². The summed E-state index contributed by atoms with van der Waals surface area (Å²) in [6, 6.07) is 10.9. The number of nitrogens with zero attached hydrogens (tertiary/aromatic N) is 3. The molecule has 1 N–H and O–H groups in total. The zero-order valence-corrected chi connectivity index (χ0v) is 13.7. The summed E-state index contributed by atoms with van der Waals surface area (Å²) in [6.07, 6.45) is 0. The lowest BCUT2D eigenvalue weighted by Gasteiger charge is -1.98. The topological polar surface area (TPSA) is 103 Å². The molecule has 3 heterocycles. The largest absolute Gasteiger partial charge is 0.420 e. The van der Waals surface area contributed by atoms with E-state index in [1.807, 2.05) is 17.5 Å². The second kappa shape index (κ2) is 6.36. The summed E-state index contributed by atoms with van der Waals surface area (Å²) in [7, 11) is 0. The Bertz CT molecular complexity index is 1080. The van der Waals surface area contributed by atoms with Crippen LogP contribution >= 0.6 is 11.3 Å². The van der Waals surface area contributed by atoms with Crippen LogP contribution in [0, 0.1) is 0 Å². The van der Waals surface area contributed by atoms with Crippen molar-refractivity contribution >= 4 is 28.3 Å². The number of amides is 1. The third kappa shape index (κ3) is 3.09. The highest BCUT2D eigenvalue weighted by Gasteiger charge is 2.17. The molecule has 3 aromatic heterocycles. The summed E-state index contributed by atoms with van der Waals surface area (Å²) in [5.41, 5.74) is 1.10. The quantitative estimate of drug-likeness (QED) is 0.587. The molecular formula is C16H12N4O4S. The molecule has 25 heavy (non-hydrogen) atoms. The number of carbonyl (C=O) groups is 1. The summed E-state index contributed by atoms with van der Waals surface area (Å²) < 4.78 is 11.5. The number of carbonyl (C=O) groups excluding carboxylic acids is 1. The van der Waals surface area contributed by atoms with Crippen molar-refractivity contribution in [2.45, 2.75) is 13.1 Å². The first-order chi connectivity index (χ1) is 12.2. The van der Waals surface area contributed by atoms with Crippen molar-refractivity contribution in [1.29, 1.82) is 0 Å². The van der Waals surface area contributed by atoms with E-state index in [0.29, 0.717) is 17.6 Å². The predicted octanol–water partition coefficient (Wildman–Crippen LogP) is 2.02. The van der Waals surface area contributed by atoms with Gasteiger partial charge in [-0.2, -0.15) is 4.98 Å². The average molecular weight is 356 g/mol. The van der Waals surface area contributed by atoms with Crippen LogP contribution in [0.5, 0.6) is 0 Å². The molecule has 0 unspecified atom stereocenters. The van der Waals surface area contributed by atoms with Crippen molar-refractivity contribution < 1.29 is 13.7 Å². The molecule has 9 heteroatoms. The number of benzene rings is 1. The summed E-state index contributed by atoms with van der Waals surface area (Å²) >= 11 is 1.54. The average Bonchev–Trinajstić information content (AvgIpc) is 3.35. The Morgan fingerprint density at radius 3 is 2.96 bits per heavy atom. The van der Waals surface area contributed by atoms with Crippen LogP contribution in [-0.2, 0) is 13.1 Å². The summed E-state index contributed by atoms with van der Waals surface area (Å²) in [5, 5.41) is 8.39. The van der Waals surface area contributed by atoms with Gasteiger partial charge in [-0.25, -0.2) is 4.79 Å². The first-order valence-electron chi connectivity index (χ1n) is 7.42. The minimum absolute atomic E-state index is 0.0531. The normalized spacial score (nSPS) is 11.0. The third-order valence-corrected chi connectivity index (χ3v) is 4.42. The van der Waals surface area contributed by atoms with Crippen LogP contribution in [-0.4, -0.2) is 20.6 Å². The summed E-state index contributed by atoms with van der Waals surface area (Å²) in [6.45, 7) is 0.442. The molecule has 8 nitrogen and oxygen atoms in total. The summed E-state index contributed by atoms with van der Waals surface area (Å²) in [4.78, 5) is 29.1. The first kappa shape index (κ1) is 15.3. The van der Waals surface area contributed by atoms with Crippen molar-refractivity contribution in [3.05, 3.63) is 68.9 Å². The first-order valence-corrected chi connectivity index (χ1v) is 8.30. The van der Waals surface area contributed by atoms with Gasteiger partial charge in [-0.1, -0.05) is 23.4 Å². The highest BCUT2D eigenvalue weighted by Crippen LogP contribution is 2.13. The van der Waals surface area contributed by atoms with Gasteiger partial charge < -0.3 is 14.3 Å². The Morgan fingerprint density at radius 2 is 2.12 bits per heavy atom. The number of aromatic nitrogens is 3. The minimum Gasteiger partial charge on any atom is -0.408 e. The van der Waals surface area contributed by atoms with Crippen LogP contribution in [0.4, 0.5) is 0 Å². The fourth-order valence-electron chi connectivity index (χ4n) is 2.37. The van der Waals surface area contributed by atoms with Gasteiger partial charge in [0.2, 0.25) is 0 Å². The van der Waals surface area contributed by atoms with E-state index in [-0.39, 0.29) is 18.3 Å². The minimum atomic E-state index is -0.519. The maximum Gasteiger partial charge on any atom is 0.420 e. The monoisotopic (exact) mass is 356 g/mol. The Morgan fingerprint density at radius 1 is 1.24 bits per heavy atom. The number of hydrogen-bond acceptors (Lipinski definition) is 7. The number of nitrogens with one attached hydrogen (secondary N) is 1. The van der Waals surface area contributed by atoms with E-state index in [9.17, 15) is 9.59 Å². The van der Waals surface area contributed by atoms with Crippen molar-refractivity contribution in [3.63, 3.8) is 0 Å². The van der Waals surface area contributed by atoms with Crippen molar-refractivity contribution in [2.24, 2.45) is 0 Å². The number of para-hydroxylation sites is 2. The van der Waals surface area contributed by atoms with Crippen LogP contribution in [0.15, 0.2) is 55.5 Å². The van der Waals surface area contributed by atoms with Gasteiger partial charge in [0.1, 0.15) is 0 Å². The van der Waals surface area contributed by atoms with Gasteiger partial charge in [0.15, 0.2) is 11.4 Å². The molecular weight excluding hydrogens is 344 g/mol. The van der Waals surface area contributed by atoms with E-state index in [0.717, 1.165) is 4.88 Å². The number of thiophene rings is 1. The van der Waals surface area contributed by atoms with Gasteiger partial charge in [-0.15, -0.1) is 11.3 Å². The molecule has 0 spiro atoms. The van der Waals surface area contributed by atoms with Gasteiger partial charge in [-0.3, -0.25) is 9.36 Å².